The molecule has 0 spiro atoms. The summed E-state index contributed by atoms with van der Waals surface area (Å²) in [6, 6.07) is 20.5. The number of carboxylic acids is 1. The molecule has 3 aromatic carbocycles. The summed E-state index contributed by atoms with van der Waals surface area (Å²) < 4.78 is 21.5. The van der Waals surface area contributed by atoms with Crippen LogP contribution < -0.4 is 18.9 Å². The van der Waals surface area contributed by atoms with Crippen LogP contribution in [0.4, 0.5) is 0 Å². The Bertz CT molecular complexity index is 1030. The quantitative estimate of drug-likeness (QED) is 0.470. The van der Waals surface area contributed by atoms with Gasteiger partial charge >= 0.3 is 5.97 Å². The van der Waals surface area contributed by atoms with Crippen LogP contribution in [0.1, 0.15) is 23.6 Å². The molecule has 0 aliphatic rings. The largest absolute Gasteiger partial charge is 0.497 e. The Balaban J connectivity index is 2.15. The molecule has 0 fully saturated rings. The van der Waals surface area contributed by atoms with Gasteiger partial charge < -0.3 is 24.1 Å². The van der Waals surface area contributed by atoms with E-state index in [1.807, 2.05) is 67.6 Å². The highest BCUT2D eigenvalue weighted by Gasteiger charge is 2.42. The van der Waals surface area contributed by atoms with Crippen molar-refractivity contribution in [3.05, 3.63) is 83.4 Å². The highest BCUT2D eigenvalue weighted by molar-refractivity contribution is 5.75. The van der Waals surface area contributed by atoms with Crippen molar-refractivity contribution in [1.29, 1.82) is 0 Å². The first kappa shape index (κ1) is 24.0. The van der Waals surface area contributed by atoms with Gasteiger partial charge in [0.1, 0.15) is 23.0 Å². The van der Waals surface area contributed by atoms with Crippen molar-refractivity contribution < 1.29 is 28.8 Å². The maximum Gasteiger partial charge on any atom is 0.308 e. The molecule has 0 heterocycles. The lowest BCUT2D eigenvalue weighted by Gasteiger charge is -2.37. The van der Waals surface area contributed by atoms with E-state index in [9.17, 15) is 9.90 Å². The fraction of sp³-hybridized carbons (Fsp3) is 0.296. The zero-order chi connectivity index (χ0) is 24.0. The van der Waals surface area contributed by atoms with Crippen LogP contribution in [-0.2, 0) is 16.6 Å². The maximum absolute atomic E-state index is 12.8. The van der Waals surface area contributed by atoms with E-state index in [1.54, 1.807) is 34.5 Å². The molecule has 33 heavy (non-hydrogen) atoms. The lowest BCUT2D eigenvalue weighted by molar-refractivity contribution is -0.143. The number of methoxy groups -OCH3 is 4. The second kappa shape index (κ2) is 10.3. The fourth-order valence-electron chi connectivity index (χ4n) is 4.22. The Morgan fingerprint density at radius 1 is 0.758 bits per heavy atom. The third-order valence-corrected chi connectivity index (χ3v) is 6.29. The summed E-state index contributed by atoms with van der Waals surface area (Å²) in [7, 11) is 6.36. The number of rotatable bonds is 10. The topological polar surface area (TPSA) is 74.2 Å². The molecule has 0 amide bonds. The molecule has 174 valence electrons. The van der Waals surface area contributed by atoms with Gasteiger partial charge in [0.05, 0.1) is 34.4 Å². The molecule has 1 atom stereocenters. The molecular formula is C27H30O6. The Kier molecular flexibility index (Phi) is 7.48. The van der Waals surface area contributed by atoms with E-state index in [2.05, 4.69) is 0 Å². The predicted molar refractivity (Wildman–Crippen MR) is 127 cm³/mol. The molecule has 0 bridgehead atoms. The van der Waals surface area contributed by atoms with Crippen LogP contribution in [0.15, 0.2) is 66.7 Å². The lowest BCUT2D eigenvalue weighted by Crippen LogP contribution is -2.40. The molecule has 3 aromatic rings. The molecule has 3 rings (SSSR count). The van der Waals surface area contributed by atoms with E-state index in [1.165, 1.54) is 0 Å². The summed E-state index contributed by atoms with van der Waals surface area (Å²) in [5, 5.41) is 10.4. The molecule has 1 N–H and O–H groups in total. The lowest BCUT2D eigenvalue weighted by atomic mass is 9.65. The molecule has 0 radical (unpaired) electrons. The Hall–Kier alpha value is -3.67. The monoisotopic (exact) mass is 450 g/mol. The minimum absolute atomic E-state index is 0.261. The molecule has 6 nitrogen and oxygen atoms in total. The SMILES string of the molecule is COc1ccc(C(C)(c2ccc(OC)cc2)C(Cc2ccc(OC)cc2OC)C(=O)O)cc1. The standard InChI is InChI=1S/C27H30O6/c1-27(19-7-12-21(30-2)13-8-19,20-9-14-22(31-3)15-10-20)24(26(28)29)16-18-6-11-23(32-4)17-25(18)33-5/h6-15,17,24H,16H2,1-5H3,(H,28,29). The van der Waals surface area contributed by atoms with Crippen molar-refractivity contribution >= 4 is 5.97 Å². The van der Waals surface area contributed by atoms with E-state index in [4.69, 9.17) is 18.9 Å². The summed E-state index contributed by atoms with van der Waals surface area (Å²) in [5.41, 5.74) is 1.68. The third-order valence-electron chi connectivity index (χ3n) is 6.29. The van der Waals surface area contributed by atoms with E-state index < -0.39 is 17.3 Å². The van der Waals surface area contributed by atoms with Gasteiger partial charge in [-0.05, 0) is 53.4 Å². The Labute approximate surface area is 194 Å². The molecule has 1 unspecified atom stereocenters. The molecule has 0 aliphatic carbocycles. The minimum atomic E-state index is -0.901. The van der Waals surface area contributed by atoms with Gasteiger partial charge in [-0.2, -0.15) is 0 Å². The van der Waals surface area contributed by atoms with Gasteiger partial charge in [-0.25, -0.2) is 0 Å². The average molecular weight is 451 g/mol. The molecule has 0 saturated carbocycles. The normalized spacial score (nSPS) is 12.0. The van der Waals surface area contributed by atoms with Gasteiger partial charge in [-0.3, -0.25) is 4.79 Å². The molecule has 0 saturated heterocycles. The highest BCUT2D eigenvalue weighted by atomic mass is 16.5. The van der Waals surface area contributed by atoms with Crippen molar-refractivity contribution in [1.82, 2.24) is 0 Å². The smallest absolute Gasteiger partial charge is 0.308 e. The van der Waals surface area contributed by atoms with Gasteiger partial charge in [0.2, 0.25) is 0 Å². The van der Waals surface area contributed by atoms with Crippen LogP contribution in [0.25, 0.3) is 0 Å². The second-order valence-electron chi connectivity index (χ2n) is 7.93. The number of hydrogen-bond donors (Lipinski definition) is 1. The number of carboxylic acid groups (broad SMARTS) is 1. The van der Waals surface area contributed by atoms with Crippen molar-refractivity contribution in [2.24, 2.45) is 5.92 Å². The summed E-state index contributed by atoms with van der Waals surface area (Å²) in [6.07, 6.45) is 0.261. The van der Waals surface area contributed by atoms with Gasteiger partial charge in [-0.15, -0.1) is 0 Å². The first-order valence-electron chi connectivity index (χ1n) is 10.6. The molecule has 0 aliphatic heterocycles. The van der Waals surface area contributed by atoms with Gasteiger partial charge in [0.15, 0.2) is 0 Å². The predicted octanol–water partition coefficient (Wildman–Crippen LogP) is 4.97. The van der Waals surface area contributed by atoms with Gasteiger partial charge in [0, 0.05) is 11.5 Å². The van der Waals surface area contributed by atoms with Crippen LogP contribution in [0, 0.1) is 5.92 Å². The first-order valence-corrected chi connectivity index (χ1v) is 10.6. The fourth-order valence-corrected chi connectivity index (χ4v) is 4.22. The summed E-state index contributed by atoms with van der Waals surface area (Å²) in [6.45, 7) is 1.96. The maximum atomic E-state index is 12.8. The van der Waals surface area contributed by atoms with Gasteiger partial charge in [-0.1, -0.05) is 37.3 Å². The Morgan fingerprint density at radius 3 is 1.61 bits per heavy atom. The zero-order valence-electron chi connectivity index (χ0n) is 19.6. The van der Waals surface area contributed by atoms with Crippen LogP contribution in [-0.4, -0.2) is 39.5 Å². The Morgan fingerprint density at radius 2 is 1.21 bits per heavy atom. The summed E-state index contributed by atoms with van der Waals surface area (Å²) in [5.74, 6) is 0.964. The van der Waals surface area contributed by atoms with Crippen LogP contribution in [0.5, 0.6) is 23.0 Å². The highest BCUT2D eigenvalue weighted by Crippen LogP contribution is 2.43. The second-order valence-corrected chi connectivity index (χ2v) is 7.93. The van der Waals surface area contributed by atoms with E-state index in [0.29, 0.717) is 23.0 Å². The third kappa shape index (κ3) is 4.90. The van der Waals surface area contributed by atoms with Crippen molar-refractivity contribution in [3.8, 4) is 23.0 Å². The van der Waals surface area contributed by atoms with Crippen LogP contribution >= 0.6 is 0 Å². The van der Waals surface area contributed by atoms with Crippen LogP contribution in [0.2, 0.25) is 0 Å². The minimum Gasteiger partial charge on any atom is -0.497 e. The average Bonchev–Trinajstić information content (AvgIpc) is 2.86. The number of hydrogen-bond acceptors (Lipinski definition) is 5. The van der Waals surface area contributed by atoms with E-state index in [-0.39, 0.29) is 6.42 Å². The number of benzene rings is 3. The first-order chi connectivity index (χ1) is 15.9. The summed E-state index contributed by atoms with van der Waals surface area (Å²) >= 11 is 0. The number of aliphatic carboxylic acids is 1. The number of ether oxygens (including phenoxy) is 4. The van der Waals surface area contributed by atoms with Crippen LogP contribution in [0.3, 0.4) is 0 Å². The summed E-state index contributed by atoms with van der Waals surface area (Å²) in [4.78, 5) is 12.8. The van der Waals surface area contributed by atoms with Crippen molar-refractivity contribution in [2.45, 2.75) is 18.8 Å². The van der Waals surface area contributed by atoms with Crippen molar-refractivity contribution in [3.63, 3.8) is 0 Å². The van der Waals surface area contributed by atoms with E-state index >= 15 is 0 Å². The van der Waals surface area contributed by atoms with Gasteiger partial charge in [0.25, 0.3) is 0 Å². The molecular weight excluding hydrogens is 420 g/mol. The van der Waals surface area contributed by atoms with E-state index in [0.717, 1.165) is 16.7 Å². The molecule has 0 aromatic heterocycles. The number of carbonyl (C=O) groups is 1. The zero-order valence-corrected chi connectivity index (χ0v) is 19.6. The molecule has 6 heteroatoms. The van der Waals surface area contributed by atoms with Crippen molar-refractivity contribution in [2.75, 3.05) is 28.4 Å².